The number of nitrogens with one attached hydrogen (secondary N) is 1. The molecule has 0 aliphatic heterocycles. The SMILES string of the molecule is CC/C=C(/CC)Cc1ccn2c(-c3ccnc(NCC(C)(C)C)n3)c(-c3ccc(C4CC4)cc3)nc2c1. The van der Waals surface area contributed by atoms with Crippen molar-refractivity contribution in [1.82, 2.24) is 19.4 Å². The van der Waals surface area contributed by atoms with Crippen LogP contribution < -0.4 is 5.32 Å². The molecule has 0 amide bonds. The molecule has 5 heteroatoms. The Morgan fingerprint density at radius 2 is 1.84 bits per heavy atom. The van der Waals surface area contributed by atoms with E-state index >= 15 is 0 Å². The van der Waals surface area contributed by atoms with E-state index in [-0.39, 0.29) is 5.41 Å². The third-order valence-corrected chi connectivity index (χ3v) is 6.98. The van der Waals surface area contributed by atoms with Crippen LogP contribution in [0.3, 0.4) is 0 Å². The van der Waals surface area contributed by atoms with Gasteiger partial charge in [0.25, 0.3) is 0 Å². The topological polar surface area (TPSA) is 55.1 Å². The molecule has 0 atom stereocenters. The summed E-state index contributed by atoms with van der Waals surface area (Å²) >= 11 is 0. The molecule has 0 saturated heterocycles. The largest absolute Gasteiger partial charge is 0.354 e. The Kier molecular flexibility index (Phi) is 7.14. The lowest BCUT2D eigenvalue weighted by Crippen LogP contribution is -2.20. The van der Waals surface area contributed by atoms with Crippen LogP contribution in [-0.2, 0) is 6.42 Å². The number of anilines is 1. The lowest BCUT2D eigenvalue weighted by atomic mass is 9.97. The lowest BCUT2D eigenvalue weighted by molar-refractivity contribution is 0.442. The van der Waals surface area contributed by atoms with Crippen molar-refractivity contribution in [3.05, 3.63) is 77.6 Å². The van der Waals surface area contributed by atoms with E-state index < -0.39 is 0 Å². The summed E-state index contributed by atoms with van der Waals surface area (Å²) in [4.78, 5) is 14.6. The minimum atomic E-state index is 0.136. The standard InChI is InChI=1S/C32H39N5/c1-6-8-22(7-2)19-23-16-18-37-28(20-23)36-29(26-13-11-25(12-14-26)24-9-10-24)30(37)27-15-17-33-31(35-27)34-21-32(3,4)5/h8,11-18,20,24H,6-7,9-10,19,21H2,1-5H3,(H,33,34,35)/b22-8-. The molecule has 1 aliphatic carbocycles. The molecule has 5 rings (SSSR count). The predicted molar refractivity (Wildman–Crippen MR) is 154 cm³/mol. The van der Waals surface area contributed by atoms with E-state index in [2.05, 4.69) is 98.0 Å². The van der Waals surface area contributed by atoms with Crippen molar-refractivity contribution in [3.8, 4) is 22.6 Å². The predicted octanol–water partition coefficient (Wildman–Crippen LogP) is 8.08. The molecule has 4 aromatic rings. The van der Waals surface area contributed by atoms with Crippen LogP contribution in [0.15, 0.2) is 66.5 Å². The molecule has 1 aliphatic rings. The Balaban J connectivity index is 1.59. The second kappa shape index (κ2) is 10.5. The molecule has 0 radical (unpaired) electrons. The summed E-state index contributed by atoms with van der Waals surface area (Å²) < 4.78 is 2.18. The molecule has 1 saturated carbocycles. The van der Waals surface area contributed by atoms with E-state index in [1.165, 1.54) is 29.5 Å². The first-order chi connectivity index (χ1) is 17.8. The van der Waals surface area contributed by atoms with Crippen molar-refractivity contribution in [1.29, 1.82) is 0 Å². The van der Waals surface area contributed by atoms with Gasteiger partial charge in [-0.1, -0.05) is 70.5 Å². The molecule has 3 heterocycles. The number of hydrogen-bond acceptors (Lipinski definition) is 4. The summed E-state index contributed by atoms with van der Waals surface area (Å²) in [5, 5.41) is 3.41. The molecule has 0 bridgehead atoms. The van der Waals surface area contributed by atoms with E-state index in [1.807, 2.05) is 12.3 Å². The third kappa shape index (κ3) is 5.93. The maximum atomic E-state index is 5.17. The summed E-state index contributed by atoms with van der Waals surface area (Å²) in [6.07, 6.45) is 12.0. The number of imidazole rings is 1. The Hall–Kier alpha value is -3.47. The molecule has 0 unspecified atom stereocenters. The molecule has 5 nitrogen and oxygen atoms in total. The van der Waals surface area contributed by atoms with Crippen LogP contribution in [0, 0.1) is 5.41 Å². The van der Waals surface area contributed by atoms with Gasteiger partial charge in [0.05, 0.1) is 17.1 Å². The van der Waals surface area contributed by atoms with Gasteiger partial charge in [-0.25, -0.2) is 15.0 Å². The summed E-state index contributed by atoms with van der Waals surface area (Å²) in [5.41, 5.74) is 9.22. The van der Waals surface area contributed by atoms with Gasteiger partial charge in [0.1, 0.15) is 5.65 Å². The summed E-state index contributed by atoms with van der Waals surface area (Å²) in [5.74, 6) is 1.38. The summed E-state index contributed by atoms with van der Waals surface area (Å²) in [6, 6.07) is 15.4. The molecule has 3 aromatic heterocycles. The van der Waals surface area contributed by atoms with Gasteiger partial charge in [-0.3, -0.25) is 4.40 Å². The van der Waals surface area contributed by atoms with E-state index in [1.54, 1.807) is 0 Å². The van der Waals surface area contributed by atoms with Gasteiger partial charge in [-0.15, -0.1) is 0 Å². The molecule has 37 heavy (non-hydrogen) atoms. The zero-order valence-electron chi connectivity index (χ0n) is 22.9. The first-order valence-corrected chi connectivity index (χ1v) is 13.7. The highest BCUT2D eigenvalue weighted by Gasteiger charge is 2.24. The number of pyridine rings is 1. The smallest absolute Gasteiger partial charge is 0.223 e. The van der Waals surface area contributed by atoms with E-state index in [9.17, 15) is 0 Å². The van der Waals surface area contributed by atoms with Gasteiger partial charge in [0.15, 0.2) is 0 Å². The second-order valence-electron chi connectivity index (χ2n) is 11.4. The van der Waals surface area contributed by atoms with Crippen LogP contribution in [0.5, 0.6) is 0 Å². The Morgan fingerprint density at radius 3 is 2.51 bits per heavy atom. The van der Waals surface area contributed by atoms with Gasteiger partial charge < -0.3 is 5.32 Å². The molecule has 0 spiro atoms. The number of rotatable bonds is 9. The monoisotopic (exact) mass is 493 g/mol. The summed E-state index contributed by atoms with van der Waals surface area (Å²) in [6.45, 7) is 11.8. The number of aromatic nitrogens is 4. The Bertz CT molecular complexity index is 1400. The van der Waals surface area contributed by atoms with Crippen LogP contribution in [0.4, 0.5) is 5.95 Å². The van der Waals surface area contributed by atoms with Crippen LogP contribution in [0.1, 0.15) is 77.3 Å². The van der Waals surface area contributed by atoms with Crippen molar-refractivity contribution in [3.63, 3.8) is 0 Å². The van der Waals surface area contributed by atoms with Crippen LogP contribution in [-0.4, -0.2) is 25.9 Å². The molecule has 1 fully saturated rings. The number of fused-ring (bicyclic) bond motifs is 1. The van der Waals surface area contributed by atoms with Crippen molar-refractivity contribution < 1.29 is 0 Å². The normalized spacial score (nSPS) is 14.4. The zero-order chi connectivity index (χ0) is 26.0. The maximum absolute atomic E-state index is 5.17. The number of nitrogens with zero attached hydrogens (tertiary/aromatic N) is 4. The lowest BCUT2D eigenvalue weighted by Gasteiger charge is -2.18. The maximum Gasteiger partial charge on any atom is 0.223 e. The fourth-order valence-corrected chi connectivity index (χ4v) is 4.79. The fraction of sp³-hybridized carbons (Fsp3) is 0.406. The van der Waals surface area contributed by atoms with Gasteiger partial charge >= 0.3 is 0 Å². The second-order valence-corrected chi connectivity index (χ2v) is 11.4. The first kappa shape index (κ1) is 25.2. The minimum Gasteiger partial charge on any atom is -0.354 e. The zero-order valence-corrected chi connectivity index (χ0v) is 22.9. The number of allylic oxidation sites excluding steroid dienone is 2. The van der Waals surface area contributed by atoms with Crippen LogP contribution in [0.2, 0.25) is 0 Å². The van der Waals surface area contributed by atoms with Gasteiger partial charge in [-0.2, -0.15) is 0 Å². The third-order valence-electron chi connectivity index (χ3n) is 6.98. The summed E-state index contributed by atoms with van der Waals surface area (Å²) in [7, 11) is 0. The highest BCUT2D eigenvalue weighted by molar-refractivity contribution is 5.81. The van der Waals surface area contributed by atoms with Crippen molar-refractivity contribution >= 4 is 11.6 Å². The van der Waals surface area contributed by atoms with Gasteiger partial charge in [0.2, 0.25) is 5.95 Å². The average Bonchev–Trinajstić information content (AvgIpc) is 3.67. The molecule has 1 N–H and O–H groups in total. The quantitative estimate of drug-likeness (QED) is 0.239. The number of hydrogen-bond donors (Lipinski definition) is 1. The molecular formula is C32H39N5. The van der Waals surface area contributed by atoms with Gasteiger partial charge in [-0.05, 0) is 72.8 Å². The highest BCUT2D eigenvalue weighted by Crippen LogP contribution is 2.41. The average molecular weight is 494 g/mol. The fourth-order valence-electron chi connectivity index (χ4n) is 4.79. The van der Waals surface area contributed by atoms with Crippen molar-refractivity contribution in [2.45, 2.75) is 72.6 Å². The molecule has 192 valence electrons. The highest BCUT2D eigenvalue weighted by atomic mass is 15.1. The minimum absolute atomic E-state index is 0.136. The van der Waals surface area contributed by atoms with Crippen LogP contribution >= 0.6 is 0 Å². The Morgan fingerprint density at radius 1 is 1.05 bits per heavy atom. The van der Waals surface area contributed by atoms with Crippen molar-refractivity contribution in [2.75, 3.05) is 11.9 Å². The van der Waals surface area contributed by atoms with E-state index in [0.717, 1.165) is 60.0 Å². The van der Waals surface area contributed by atoms with Gasteiger partial charge in [0, 0.05) is 24.5 Å². The number of benzene rings is 1. The van der Waals surface area contributed by atoms with E-state index in [0.29, 0.717) is 5.95 Å². The molecule has 1 aromatic carbocycles. The van der Waals surface area contributed by atoms with E-state index in [4.69, 9.17) is 9.97 Å². The molecular weight excluding hydrogens is 454 g/mol. The Labute approximate surface area is 221 Å². The van der Waals surface area contributed by atoms with Crippen LogP contribution in [0.25, 0.3) is 28.3 Å². The first-order valence-electron chi connectivity index (χ1n) is 13.7. The van der Waals surface area contributed by atoms with Crippen molar-refractivity contribution in [2.24, 2.45) is 5.41 Å².